The number of fused-ring (bicyclic) bond motifs is 1. The molecule has 0 spiro atoms. The number of methoxy groups -OCH3 is 2. The number of aromatic nitrogens is 2. The van der Waals surface area contributed by atoms with Gasteiger partial charge in [-0.25, -0.2) is 0 Å². The molecule has 3 heterocycles. The van der Waals surface area contributed by atoms with Gasteiger partial charge in [-0.15, -0.1) is 0 Å². The molecule has 170 valence electrons. The third-order valence-corrected chi connectivity index (χ3v) is 6.71. The Labute approximate surface area is 195 Å². The molecule has 1 fully saturated rings. The highest BCUT2D eigenvalue weighted by molar-refractivity contribution is 5.99. The number of ether oxygens (including phenoxy) is 2. The van der Waals surface area contributed by atoms with Crippen molar-refractivity contribution >= 4 is 10.9 Å². The summed E-state index contributed by atoms with van der Waals surface area (Å²) in [5.41, 5.74) is 5.62. The zero-order chi connectivity index (χ0) is 22.8. The van der Waals surface area contributed by atoms with Crippen LogP contribution in [0.25, 0.3) is 33.2 Å². The molecule has 5 nitrogen and oxygen atoms in total. The summed E-state index contributed by atoms with van der Waals surface area (Å²) >= 11 is 0. The molecule has 5 heteroatoms. The summed E-state index contributed by atoms with van der Waals surface area (Å²) in [5, 5.41) is 1.20. The lowest BCUT2D eigenvalue weighted by Gasteiger charge is -2.30. The molecule has 2 aromatic heterocycles. The first-order chi connectivity index (χ1) is 16.2. The summed E-state index contributed by atoms with van der Waals surface area (Å²) in [7, 11) is 5.67. The maximum atomic E-state index is 5.79. The van der Waals surface area contributed by atoms with E-state index in [1.54, 1.807) is 14.2 Å². The summed E-state index contributed by atoms with van der Waals surface area (Å²) in [5.74, 6) is 2.40. The number of likely N-dealkylation sites (tertiary alicyclic amines) is 1. The Morgan fingerprint density at radius 1 is 0.970 bits per heavy atom. The molecule has 5 rings (SSSR count). The Balaban J connectivity index is 1.58. The number of rotatable bonds is 6. The highest BCUT2D eigenvalue weighted by Gasteiger charge is 2.21. The lowest BCUT2D eigenvalue weighted by atomic mass is 9.98. The zero-order valence-electron chi connectivity index (χ0n) is 19.6. The monoisotopic (exact) mass is 441 g/mol. The Hall–Kier alpha value is -3.31. The maximum absolute atomic E-state index is 5.79. The van der Waals surface area contributed by atoms with Crippen LogP contribution in [0.4, 0.5) is 0 Å². The van der Waals surface area contributed by atoms with Crippen molar-refractivity contribution in [1.82, 2.24) is 14.5 Å². The number of piperidine rings is 1. The number of hydrogen-bond donors (Lipinski definition) is 0. The van der Waals surface area contributed by atoms with E-state index in [1.165, 1.54) is 30.3 Å². The Kier molecular flexibility index (Phi) is 6.05. The second kappa shape index (κ2) is 9.28. The van der Waals surface area contributed by atoms with Gasteiger partial charge in [-0.2, -0.15) is 0 Å². The van der Waals surface area contributed by atoms with Gasteiger partial charge in [0.2, 0.25) is 0 Å². The van der Waals surface area contributed by atoms with Gasteiger partial charge in [0.05, 0.1) is 19.7 Å². The minimum atomic E-state index is 0.637. The first kappa shape index (κ1) is 21.5. The molecule has 33 heavy (non-hydrogen) atoms. The summed E-state index contributed by atoms with van der Waals surface area (Å²) in [6.07, 6.45) is 8.68. The smallest absolute Gasteiger partial charge is 0.143 e. The first-order valence-corrected chi connectivity index (χ1v) is 11.6. The van der Waals surface area contributed by atoms with Gasteiger partial charge in [-0.05, 0) is 62.2 Å². The summed E-state index contributed by atoms with van der Waals surface area (Å²) < 4.78 is 13.6. The average molecular weight is 442 g/mol. The van der Waals surface area contributed by atoms with Gasteiger partial charge < -0.3 is 18.9 Å². The summed E-state index contributed by atoms with van der Waals surface area (Å²) in [6, 6.07) is 16.6. The van der Waals surface area contributed by atoms with Gasteiger partial charge >= 0.3 is 0 Å². The molecule has 4 aromatic rings. The molecule has 0 amide bonds. The molecule has 0 aliphatic carbocycles. The normalized spacial score (nSPS) is 16.8. The highest BCUT2D eigenvalue weighted by atomic mass is 16.5. The molecule has 1 unspecified atom stereocenters. The quantitative estimate of drug-likeness (QED) is 0.383. The molecule has 1 aliphatic heterocycles. The topological polar surface area (TPSA) is 39.5 Å². The highest BCUT2D eigenvalue weighted by Crippen LogP contribution is 2.37. The van der Waals surface area contributed by atoms with Crippen LogP contribution in [0.15, 0.2) is 67.1 Å². The van der Waals surface area contributed by atoms with Crippen LogP contribution in [-0.2, 0) is 6.54 Å². The van der Waals surface area contributed by atoms with E-state index in [1.807, 2.05) is 30.6 Å². The molecule has 1 atom stereocenters. The van der Waals surface area contributed by atoms with Gasteiger partial charge in [-0.3, -0.25) is 4.98 Å². The van der Waals surface area contributed by atoms with Crippen molar-refractivity contribution in [2.24, 2.45) is 5.92 Å². The lowest BCUT2D eigenvalue weighted by molar-refractivity contribution is 0.195. The molecular weight excluding hydrogens is 410 g/mol. The number of pyridine rings is 1. The van der Waals surface area contributed by atoms with Crippen LogP contribution in [0.3, 0.4) is 0 Å². The van der Waals surface area contributed by atoms with Crippen molar-refractivity contribution in [1.29, 1.82) is 0 Å². The predicted molar refractivity (Wildman–Crippen MR) is 134 cm³/mol. The van der Waals surface area contributed by atoms with Gasteiger partial charge in [0.15, 0.2) is 0 Å². The number of para-hydroxylation sites is 1. The minimum absolute atomic E-state index is 0.637. The number of benzene rings is 2. The van der Waals surface area contributed by atoms with Gasteiger partial charge in [0, 0.05) is 53.8 Å². The van der Waals surface area contributed by atoms with Crippen molar-refractivity contribution in [2.45, 2.75) is 19.4 Å². The molecule has 1 saturated heterocycles. The number of hydrogen-bond acceptors (Lipinski definition) is 4. The van der Waals surface area contributed by atoms with Crippen LogP contribution in [0.5, 0.6) is 11.5 Å². The second-order valence-corrected chi connectivity index (χ2v) is 9.02. The zero-order valence-corrected chi connectivity index (χ0v) is 19.6. The standard InChI is InChI=1S/C28H31N3O2/c1-30-12-6-7-20(17-30)18-31-19-26(25-10-5-11-27(33-3)28(25)31)23-13-22(15-29-16-23)21-8-4-9-24(14-21)32-2/h4-5,8-11,13-16,19-20H,6-7,12,17-18H2,1-3H3. The van der Waals surface area contributed by atoms with Crippen LogP contribution >= 0.6 is 0 Å². The van der Waals surface area contributed by atoms with Gasteiger partial charge in [0.1, 0.15) is 11.5 Å². The van der Waals surface area contributed by atoms with Gasteiger partial charge in [-0.1, -0.05) is 24.3 Å². The van der Waals surface area contributed by atoms with Crippen molar-refractivity contribution in [3.8, 4) is 33.8 Å². The van der Waals surface area contributed by atoms with Crippen LogP contribution in [-0.4, -0.2) is 48.8 Å². The Morgan fingerprint density at radius 2 is 1.82 bits per heavy atom. The Morgan fingerprint density at radius 3 is 2.64 bits per heavy atom. The molecule has 2 aromatic carbocycles. The lowest BCUT2D eigenvalue weighted by Crippen LogP contribution is -2.33. The van der Waals surface area contributed by atoms with Crippen LogP contribution in [0.2, 0.25) is 0 Å². The predicted octanol–water partition coefficient (Wildman–Crippen LogP) is 5.73. The van der Waals surface area contributed by atoms with E-state index >= 15 is 0 Å². The molecule has 0 radical (unpaired) electrons. The van der Waals surface area contributed by atoms with E-state index in [0.29, 0.717) is 5.92 Å². The molecule has 0 bridgehead atoms. The molecule has 0 saturated carbocycles. The molecular formula is C28H31N3O2. The van der Waals surface area contributed by atoms with E-state index in [-0.39, 0.29) is 0 Å². The van der Waals surface area contributed by atoms with E-state index in [2.05, 4.69) is 58.0 Å². The van der Waals surface area contributed by atoms with Crippen LogP contribution in [0, 0.1) is 5.92 Å². The third kappa shape index (κ3) is 4.33. The fourth-order valence-corrected chi connectivity index (χ4v) is 5.11. The number of nitrogens with zero attached hydrogens (tertiary/aromatic N) is 3. The third-order valence-electron chi connectivity index (χ3n) is 6.71. The molecule has 0 N–H and O–H groups in total. The fourth-order valence-electron chi connectivity index (χ4n) is 5.11. The van der Waals surface area contributed by atoms with E-state index in [0.717, 1.165) is 46.8 Å². The van der Waals surface area contributed by atoms with Crippen molar-refractivity contribution in [2.75, 3.05) is 34.4 Å². The second-order valence-electron chi connectivity index (χ2n) is 9.02. The van der Waals surface area contributed by atoms with E-state index in [4.69, 9.17) is 9.47 Å². The van der Waals surface area contributed by atoms with Crippen LogP contribution in [0.1, 0.15) is 12.8 Å². The fraction of sp³-hybridized carbons (Fsp3) is 0.321. The van der Waals surface area contributed by atoms with Crippen molar-refractivity contribution in [3.05, 3.63) is 67.1 Å². The summed E-state index contributed by atoms with van der Waals surface area (Å²) in [4.78, 5) is 7.03. The molecule has 1 aliphatic rings. The summed E-state index contributed by atoms with van der Waals surface area (Å²) in [6.45, 7) is 3.32. The van der Waals surface area contributed by atoms with E-state index in [9.17, 15) is 0 Å². The van der Waals surface area contributed by atoms with Crippen molar-refractivity contribution < 1.29 is 9.47 Å². The van der Waals surface area contributed by atoms with Crippen molar-refractivity contribution in [3.63, 3.8) is 0 Å². The van der Waals surface area contributed by atoms with Gasteiger partial charge in [0.25, 0.3) is 0 Å². The maximum Gasteiger partial charge on any atom is 0.143 e. The minimum Gasteiger partial charge on any atom is -0.497 e. The van der Waals surface area contributed by atoms with Crippen LogP contribution < -0.4 is 9.47 Å². The average Bonchev–Trinajstić information content (AvgIpc) is 3.22. The Bertz CT molecular complexity index is 1260. The first-order valence-electron chi connectivity index (χ1n) is 11.6. The van der Waals surface area contributed by atoms with E-state index < -0.39 is 0 Å². The SMILES string of the molecule is COc1cccc(-c2cncc(-c3cn(CC4CCCN(C)C4)c4c(OC)cccc34)c2)c1. The largest absolute Gasteiger partial charge is 0.497 e.